The van der Waals surface area contributed by atoms with Crippen LogP contribution in [0.5, 0.6) is 11.5 Å². The Bertz CT molecular complexity index is 780. The molecule has 5 rings (SSSR count). The first-order valence-corrected chi connectivity index (χ1v) is 10.0. The van der Waals surface area contributed by atoms with Crippen LogP contribution in [0.3, 0.4) is 0 Å². The highest BCUT2D eigenvalue weighted by molar-refractivity contribution is 8.01. The molecule has 0 radical (unpaired) electrons. The van der Waals surface area contributed by atoms with Crippen LogP contribution in [0.25, 0.3) is 0 Å². The van der Waals surface area contributed by atoms with Gasteiger partial charge in [-0.2, -0.15) is 0 Å². The van der Waals surface area contributed by atoms with E-state index in [0.29, 0.717) is 24.3 Å². The molecule has 6 heteroatoms. The molecule has 4 heterocycles. The summed E-state index contributed by atoms with van der Waals surface area (Å²) >= 11 is 2.08. The van der Waals surface area contributed by atoms with Crippen molar-refractivity contribution in [1.82, 2.24) is 9.88 Å². The first-order chi connectivity index (χ1) is 12.8. The van der Waals surface area contributed by atoms with Gasteiger partial charge in [0.1, 0.15) is 0 Å². The number of aromatic nitrogens is 1. The minimum absolute atomic E-state index is 0.336. The number of pyridine rings is 1. The summed E-state index contributed by atoms with van der Waals surface area (Å²) in [5, 5.41) is 0. The van der Waals surface area contributed by atoms with Gasteiger partial charge >= 0.3 is 0 Å². The normalized spacial score (nSPS) is 23.3. The van der Waals surface area contributed by atoms with Crippen LogP contribution in [0, 0.1) is 0 Å². The molecule has 1 aromatic heterocycles. The van der Waals surface area contributed by atoms with E-state index < -0.39 is 0 Å². The van der Waals surface area contributed by atoms with Gasteiger partial charge in [0.15, 0.2) is 11.5 Å². The third-order valence-corrected chi connectivity index (χ3v) is 6.83. The van der Waals surface area contributed by atoms with E-state index in [4.69, 9.17) is 14.2 Å². The number of ether oxygens (including phenoxy) is 3. The molecule has 3 aliphatic rings. The van der Waals surface area contributed by atoms with E-state index in [1.807, 2.05) is 18.3 Å². The van der Waals surface area contributed by atoms with Gasteiger partial charge in [0.2, 0.25) is 6.79 Å². The second-order valence-electron chi connectivity index (χ2n) is 7.33. The Hall–Kier alpha value is -1.76. The van der Waals surface area contributed by atoms with Crippen molar-refractivity contribution in [2.24, 2.45) is 0 Å². The smallest absolute Gasteiger partial charge is 0.231 e. The molecule has 1 atom stereocenters. The molecule has 0 N–H and O–H groups in total. The molecule has 0 saturated carbocycles. The Morgan fingerprint density at radius 1 is 1.19 bits per heavy atom. The largest absolute Gasteiger partial charge is 0.454 e. The highest BCUT2D eigenvalue weighted by Crippen LogP contribution is 2.46. The summed E-state index contributed by atoms with van der Waals surface area (Å²) in [6.45, 7) is 4.25. The lowest BCUT2D eigenvalue weighted by atomic mass is 9.92. The molecule has 1 spiro atoms. The van der Waals surface area contributed by atoms with Gasteiger partial charge in [-0.25, -0.2) is 0 Å². The average Bonchev–Trinajstić information content (AvgIpc) is 3.27. The fraction of sp³-hybridized carbons (Fsp3) is 0.450. The van der Waals surface area contributed by atoms with Crippen LogP contribution in [0.4, 0.5) is 0 Å². The van der Waals surface area contributed by atoms with Gasteiger partial charge in [-0.05, 0) is 35.7 Å². The van der Waals surface area contributed by atoms with Crippen molar-refractivity contribution in [3.63, 3.8) is 0 Å². The lowest BCUT2D eigenvalue weighted by Crippen LogP contribution is -2.58. The number of thioether (sulfide) groups is 1. The number of hydrogen-bond donors (Lipinski definition) is 0. The molecular formula is C20H22N2O3S. The van der Waals surface area contributed by atoms with Gasteiger partial charge in [0, 0.05) is 42.5 Å². The highest BCUT2D eigenvalue weighted by atomic mass is 32.2. The molecule has 0 bridgehead atoms. The molecular weight excluding hydrogens is 348 g/mol. The van der Waals surface area contributed by atoms with Crippen LogP contribution in [0.2, 0.25) is 0 Å². The molecule has 136 valence electrons. The second-order valence-corrected chi connectivity index (χ2v) is 8.81. The van der Waals surface area contributed by atoms with E-state index in [2.05, 4.69) is 39.8 Å². The first kappa shape index (κ1) is 16.4. The summed E-state index contributed by atoms with van der Waals surface area (Å²) < 4.78 is 17.4. The standard InChI is InChI=1S/C20H22N2O3S/c1-2-16(8-21-5-1)10-23-17-7-20(26-11-17)12-22(13-20)9-15-3-4-18-19(6-15)25-14-24-18/h1-6,8,17H,7,9-14H2/t17-/m1/s1. The van der Waals surface area contributed by atoms with E-state index in [1.54, 1.807) is 6.20 Å². The fourth-order valence-corrected chi connectivity index (χ4v) is 5.61. The van der Waals surface area contributed by atoms with Crippen LogP contribution >= 0.6 is 11.8 Å². The predicted molar refractivity (Wildman–Crippen MR) is 100 cm³/mol. The Kier molecular flexibility index (Phi) is 4.27. The predicted octanol–water partition coefficient (Wildman–Crippen LogP) is 3.09. The van der Waals surface area contributed by atoms with Crippen molar-refractivity contribution in [3.05, 3.63) is 53.9 Å². The van der Waals surface area contributed by atoms with Crippen molar-refractivity contribution < 1.29 is 14.2 Å². The third kappa shape index (κ3) is 3.29. The minimum atomic E-state index is 0.336. The summed E-state index contributed by atoms with van der Waals surface area (Å²) in [4.78, 5) is 6.66. The molecule has 2 fully saturated rings. The van der Waals surface area contributed by atoms with Gasteiger partial charge in [0.05, 0.1) is 12.7 Å². The number of benzene rings is 1. The average molecular weight is 370 g/mol. The highest BCUT2D eigenvalue weighted by Gasteiger charge is 2.49. The van der Waals surface area contributed by atoms with E-state index in [1.165, 1.54) is 5.56 Å². The van der Waals surface area contributed by atoms with Crippen molar-refractivity contribution in [2.45, 2.75) is 30.4 Å². The quantitative estimate of drug-likeness (QED) is 0.806. The summed E-state index contributed by atoms with van der Waals surface area (Å²) in [6, 6.07) is 10.3. The number of hydrogen-bond acceptors (Lipinski definition) is 6. The van der Waals surface area contributed by atoms with Crippen molar-refractivity contribution in [2.75, 3.05) is 25.6 Å². The lowest BCUT2D eigenvalue weighted by molar-refractivity contribution is 0.0263. The Labute approximate surface area is 157 Å². The van der Waals surface area contributed by atoms with E-state index >= 15 is 0 Å². The number of rotatable bonds is 5. The summed E-state index contributed by atoms with van der Waals surface area (Å²) in [5.74, 6) is 2.82. The molecule has 3 aliphatic heterocycles. The molecule has 0 unspecified atom stereocenters. The van der Waals surface area contributed by atoms with Gasteiger partial charge in [0.25, 0.3) is 0 Å². The van der Waals surface area contributed by atoms with Crippen LogP contribution in [0.1, 0.15) is 17.5 Å². The third-order valence-electron chi connectivity index (χ3n) is 5.25. The molecule has 0 aliphatic carbocycles. The molecule has 5 nitrogen and oxygen atoms in total. The fourth-order valence-electron chi connectivity index (χ4n) is 4.01. The maximum absolute atomic E-state index is 6.11. The molecule has 2 aromatic rings. The van der Waals surface area contributed by atoms with Crippen LogP contribution in [-0.4, -0.2) is 46.4 Å². The number of likely N-dealkylation sites (tertiary alicyclic amines) is 1. The SMILES string of the molecule is c1cncc(CO[C@H]2CSC3(C2)CN(Cc2ccc4c(c2)OCO4)C3)c1. The summed E-state index contributed by atoms with van der Waals surface area (Å²) in [7, 11) is 0. The van der Waals surface area contributed by atoms with Gasteiger partial charge in [-0.15, -0.1) is 11.8 Å². The molecule has 0 amide bonds. The van der Waals surface area contributed by atoms with E-state index in [0.717, 1.165) is 48.9 Å². The summed E-state index contributed by atoms with van der Waals surface area (Å²) in [5.41, 5.74) is 2.44. The molecule has 26 heavy (non-hydrogen) atoms. The van der Waals surface area contributed by atoms with E-state index in [-0.39, 0.29) is 0 Å². The van der Waals surface area contributed by atoms with Crippen LogP contribution in [0.15, 0.2) is 42.7 Å². The number of nitrogens with zero attached hydrogens (tertiary/aromatic N) is 2. The molecule has 2 saturated heterocycles. The topological polar surface area (TPSA) is 43.8 Å². The zero-order chi connectivity index (χ0) is 17.4. The Morgan fingerprint density at radius 2 is 2.12 bits per heavy atom. The molecule has 1 aromatic carbocycles. The monoisotopic (exact) mass is 370 g/mol. The zero-order valence-electron chi connectivity index (χ0n) is 14.6. The van der Waals surface area contributed by atoms with Crippen molar-refractivity contribution >= 4 is 11.8 Å². The van der Waals surface area contributed by atoms with Crippen molar-refractivity contribution in [3.8, 4) is 11.5 Å². The maximum atomic E-state index is 6.11. The van der Waals surface area contributed by atoms with Gasteiger partial charge < -0.3 is 14.2 Å². The minimum Gasteiger partial charge on any atom is -0.454 e. The summed E-state index contributed by atoms with van der Waals surface area (Å²) in [6.07, 6.45) is 5.18. The van der Waals surface area contributed by atoms with E-state index in [9.17, 15) is 0 Å². The zero-order valence-corrected chi connectivity index (χ0v) is 15.4. The van der Waals surface area contributed by atoms with Crippen molar-refractivity contribution in [1.29, 1.82) is 0 Å². The Balaban J connectivity index is 1.11. The van der Waals surface area contributed by atoms with Crippen LogP contribution in [-0.2, 0) is 17.9 Å². The lowest BCUT2D eigenvalue weighted by Gasteiger charge is -2.47. The van der Waals surface area contributed by atoms with Gasteiger partial charge in [-0.3, -0.25) is 9.88 Å². The number of fused-ring (bicyclic) bond motifs is 1. The van der Waals surface area contributed by atoms with Crippen LogP contribution < -0.4 is 9.47 Å². The second kappa shape index (κ2) is 6.76. The Morgan fingerprint density at radius 3 is 3.00 bits per heavy atom. The van der Waals surface area contributed by atoms with Gasteiger partial charge in [-0.1, -0.05) is 12.1 Å². The first-order valence-electron chi connectivity index (χ1n) is 9.03. The maximum Gasteiger partial charge on any atom is 0.231 e.